The number of hydrogen-bond donors (Lipinski definition) is 1. The molecule has 2 aromatic rings. The van der Waals surface area contributed by atoms with Gasteiger partial charge in [0.2, 0.25) is 5.96 Å². The Morgan fingerprint density at radius 1 is 1.07 bits per heavy atom. The summed E-state index contributed by atoms with van der Waals surface area (Å²) in [6, 6.07) is 12.5. The maximum atomic E-state index is 12.6. The fourth-order valence-electron chi connectivity index (χ4n) is 2.96. The second-order valence-electron chi connectivity index (χ2n) is 6.05. The van der Waals surface area contributed by atoms with Crippen LogP contribution in [0, 0.1) is 0 Å². The van der Waals surface area contributed by atoms with E-state index in [1.54, 1.807) is 38.5 Å². The van der Waals surface area contributed by atoms with Crippen LogP contribution in [0.25, 0.3) is 0 Å². The normalized spacial score (nSPS) is 16.6. The smallest absolute Gasteiger partial charge is 0.266 e. The van der Waals surface area contributed by atoms with Gasteiger partial charge in [-0.2, -0.15) is 0 Å². The number of nitrogens with zero attached hydrogens (tertiary/aromatic N) is 2. The average Bonchev–Trinajstić information content (AvgIpc) is 2.68. The second kappa shape index (κ2) is 7.87. The molecule has 27 heavy (non-hydrogen) atoms. The lowest BCUT2D eigenvalue weighted by Gasteiger charge is -2.32. The summed E-state index contributed by atoms with van der Waals surface area (Å²) in [5, 5.41) is 0. The summed E-state index contributed by atoms with van der Waals surface area (Å²) in [7, 11) is -0.487. The van der Waals surface area contributed by atoms with E-state index in [1.165, 1.54) is 0 Å². The fourth-order valence-corrected chi connectivity index (χ4v) is 4.20. The van der Waals surface area contributed by atoms with Crippen LogP contribution in [0.1, 0.15) is 18.9 Å². The number of para-hydroxylation sites is 1. The maximum Gasteiger partial charge on any atom is 0.266 e. The number of anilines is 1. The summed E-state index contributed by atoms with van der Waals surface area (Å²) in [6.45, 7) is 3.00. The van der Waals surface area contributed by atoms with E-state index in [-0.39, 0.29) is 4.90 Å². The van der Waals surface area contributed by atoms with Crippen molar-refractivity contribution in [2.24, 2.45) is 4.99 Å². The van der Waals surface area contributed by atoms with Crippen LogP contribution >= 0.6 is 0 Å². The number of aliphatic imine (C=N–C) groups is 1. The van der Waals surface area contributed by atoms with Crippen molar-refractivity contribution in [1.29, 1.82) is 0 Å². The predicted molar refractivity (Wildman–Crippen MR) is 105 cm³/mol. The molecule has 0 amide bonds. The van der Waals surface area contributed by atoms with Crippen molar-refractivity contribution >= 4 is 21.7 Å². The molecule has 1 N–H and O–H groups in total. The van der Waals surface area contributed by atoms with Crippen molar-refractivity contribution in [2.75, 3.05) is 25.7 Å². The molecule has 0 fully saturated rings. The SMILES string of the molecule is CCCN1C(=NCc2ccc(OC)c(OC)c2)NS(=O)(=O)c2ccccc21. The van der Waals surface area contributed by atoms with Gasteiger partial charge in [0.1, 0.15) is 4.90 Å². The molecule has 7 nitrogen and oxygen atoms in total. The molecule has 0 radical (unpaired) electrons. The number of fused-ring (bicyclic) bond motifs is 1. The number of nitrogens with one attached hydrogen (secondary N) is 1. The van der Waals surface area contributed by atoms with Gasteiger partial charge < -0.3 is 14.4 Å². The number of hydrogen-bond acceptors (Lipinski definition) is 5. The molecule has 3 rings (SSSR count). The van der Waals surface area contributed by atoms with Crippen molar-refractivity contribution in [3.63, 3.8) is 0 Å². The lowest BCUT2D eigenvalue weighted by molar-refractivity contribution is 0.354. The van der Waals surface area contributed by atoms with E-state index in [0.29, 0.717) is 36.2 Å². The highest BCUT2D eigenvalue weighted by Gasteiger charge is 2.31. The van der Waals surface area contributed by atoms with Gasteiger partial charge in [0.15, 0.2) is 11.5 Å². The van der Waals surface area contributed by atoms with E-state index in [2.05, 4.69) is 9.71 Å². The molecule has 1 heterocycles. The Balaban J connectivity index is 1.95. The zero-order valence-electron chi connectivity index (χ0n) is 15.6. The van der Waals surface area contributed by atoms with Crippen LogP contribution in [-0.2, 0) is 16.6 Å². The van der Waals surface area contributed by atoms with E-state index < -0.39 is 10.0 Å². The van der Waals surface area contributed by atoms with Crippen molar-refractivity contribution in [3.05, 3.63) is 48.0 Å². The molecule has 0 aromatic heterocycles. The van der Waals surface area contributed by atoms with Crippen LogP contribution in [0.5, 0.6) is 11.5 Å². The standard InChI is InChI=1S/C19H23N3O4S/c1-4-11-22-15-7-5-6-8-18(15)27(23,24)21-19(22)20-13-14-9-10-16(25-2)17(12-14)26-3/h5-10,12H,4,11,13H2,1-3H3,(H,20,21). The number of guanidine groups is 1. The molecule has 8 heteroatoms. The predicted octanol–water partition coefficient (Wildman–Crippen LogP) is 2.77. The molecule has 0 aliphatic carbocycles. The lowest BCUT2D eigenvalue weighted by atomic mass is 10.2. The first kappa shape index (κ1) is 19.0. The van der Waals surface area contributed by atoms with E-state index in [0.717, 1.165) is 12.0 Å². The molecule has 0 spiro atoms. The van der Waals surface area contributed by atoms with Gasteiger partial charge in [-0.05, 0) is 36.2 Å². The van der Waals surface area contributed by atoms with Crippen molar-refractivity contribution in [1.82, 2.24) is 4.72 Å². The third-order valence-corrected chi connectivity index (χ3v) is 5.61. The summed E-state index contributed by atoms with van der Waals surface area (Å²) >= 11 is 0. The number of benzene rings is 2. The Morgan fingerprint density at radius 2 is 1.81 bits per heavy atom. The summed E-state index contributed by atoms with van der Waals surface area (Å²) < 4.78 is 38.3. The van der Waals surface area contributed by atoms with Gasteiger partial charge in [-0.3, -0.25) is 0 Å². The van der Waals surface area contributed by atoms with Crippen LogP contribution in [0.3, 0.4) is 0 Å². The van der Waals surface area contributed by atoms with Crippen LogP contribution in [-0.4, -0.2) is 35.1 Å². The monoisotopic (exact) mass is 389 g/mol. The van der Waals surface area contributed by atoms with Crippen LogP contribution in [0.4, 0.5) is 5.69 Å². The van der Waals surface area contributed by atoms with E-state index >= 15 is 0 Å². The molecule has 144 valence electrons. The Morgan fingerprint density at radius 3 is 2.52 bits per heavy atom. The summed E-state index contributed by atoms with van der Waals surface area (Å²) in [5.41, 5.74) is 1.53. The number of methoxy groups -OCH3 is 2. The topological polar surface area (TPSA) is 80.2 Å². The minimum Gasteiger partial charge on any atom is -0.493 e. The number of ether oxygens (including phenoxy) is 2. The molecule has 0 atom stereocenters. The Labute approximate surface area is 159 Å². The van der Waals surface area contributed by atoms with Gasteiger partial charge in [0.25, 0.3) is 10.0 Å². The average molecular weight is 389 g/mol. The lowest BCUT2D eigenvalue weighted by Crippen LogP contribution is -2.49. The minimum absolute atomic E-state index is 0.267. The van der Waals surface area contributed by atoms with Gasteiger partial charge in [-0.15, -0.1) is 0 Å². The van der Waals surface area contributed by atoms with Crippen LogP contribution in [0.15, 0.2) is 52.4 Å². The third kappa shape index (κ3) is 3.85. The zero-order chi connectivity index (χ0) is 19.4. The van der Waals surface area contributed by atoms with Gasteiger partial charge in [0.05, 0.1) is 26.5 Å². The van der Waals surface area contributed by atoms with Crippen LogP contribution in [0.2, 0.25) is 0 Å². The largest absolute Gasteiger partial charge is 0.493 e. The number of sulfonamides is 1. The Hall–Kier alpha value is -2.74. The molecule has 2 aromatic carbocycles. The Kier molecular flexibility index (Phi) is 5.55. The maximum absolute atomic E-state index is 12.6. The highest BCUT2D eigenvalue weighted by Crippen LogP contribution is 2.30. The van der Waals surface area contributed by atoms with Gasteiger partial charge in [-0.1, -0.05) is 25.1 Å². The fraction of sp³-hybridized carbons (Fsp3) is 0.316. The summed E-state index contributed by atoms with van der Waals surface area (Å²) in [5.74, 6) is 1.56. The number of rotatable bonds is 6. The molecule has 0 saturated carbocycles. The van der Waals surface area contributed by atoms with Gasteiger partial charge >= 0.3 is 0 Å². The van der Waals surface area contributed by atoms with Gasteiger partial charge in [0, 0.05) is 6.54 Å². The quantitative estimate of drug-likeness (QED) is 0.822. The molecule has 1 aliphatic heterocycles. The third-order valence-electron chi connectivity index (χ3n) is 4.23. The summed E-state index contributed by atoms with van der Waals surface area (Å²) in [6.07, 6.45) is 0.853. The van der Waals surface area contributed by atoms with Crippen LogP contribution < -0.4 is 19.1 Å². The Bertz CT molecular complexity index is 957. The van der Waals surface area contributed by atoms with E-state index in [1.807, 2.05) is 30.0 Å². The second-order valence-corrected chi connectivity index (χ2v) is 7.70. The van der Waals surface area contributed by atoms with E-state index in [9.17, 15) is 8.42 Å². The van der Waals surface area contributed by atoms with Crippen molar-refractivity contribution in [3.8, 4) is 11.5 Å². The highest BCUT2D eigenvalue weighted by atomic mass is 32.2. The molecule has 0 unspecified atom stereocenters. The van der Waals surface area contributed by atoms with Crippen molar-refractivity contribution in [2.45, 2.75) is 24.8 Å². The van der Waals surface area contributed by atoms with E-state index in [4.69, 9.17) is 9.47 Å². The molecule has 1 aliphatic rings. The molecule has 0 bridgehead atoms. The van der Waals surface area contributed by atoms with Crippen molar-refractivity contribution < 1.29 is 17.9 Å². The van der Waals surface area contributed by atoms with Gasteiger partial charge in [-0.25, -0.2) is 18.1 Å². The molecular formula is C19H23N3O4S. The summed E-state index contributed by atoms with van der Waals surface area (Å²) in [4.78, 5) is 6.70. The first-order valence-corrected chi connectivity index (χ1v) is 10.1. The molecular weight excluding hydrogens is 366 g/mol. The minimum atomic E-state index is -3.64. The first-order chi connectivity index (χ1) is 13.0. The first-order valence-electron chi connectivity index (χ1n) is 8.65. The highest BCUT2D eigenvalue weighted by molar-refractivity contribution is 7.90. The zero-order valence-corrected chi connectivity index (χ0v) is 16.4. The molecule has 0 saturated heterocycles.